The maximum absolute atomic E-state index is 13.2. The van der Waals surface area contributed by atoms with Crippen LogP contribution in [-0.4, -0.2) is 23.0 Å². The standard InChI is InChI=1S/C17H12ClF3N2O3/c18-9-1-6-13(12(7-9)17(19,20)21)22-14-8-15(25)23(16(14)26)10-2-4-11(24)5-3-10/h1-7,14,22,24H,8H2. The van der Waals surface area contributed by atoms with Crippen molar-refractivity contribution < 1.29 is 27.9 Å². The van der Waals surface area contributed by atoms with Gasteiger partial charge in [0.25, 0.3) is 5.91 Å². The molecule has 1 heterocycles. The van der Waals surface area contributed by atoms with E-state index in [1.807, 2.05) is 0 Å². The summed E-state index contributed by atoms with van der Waals surface area (Å²) in [5, 5.41) is 11.7. The largest absolute Gasteiger partial charge is 0.508 e. The van der Waals surface area contributed by atoms with Gasteiger partial charge in [-0.1, -0.05) is 11.6 Å². The van der Waals surface area contributed by atoms with Crippen molar-refractivity contribution >= 4 is 34.8 Å². The third kappa shape index (κ3) is 3.45. The third-order valence-electron chi connectivity index (χ3n) is 3.87. The van der Waals surface area contributed by atoms with Gasteiger partial charge in [-0.15, -0.1) is 0 Å². The van der Waals surface area contributed by atoms with Crippen molar-refractivity contribution in [2.45, 2.75) is 18.6 Å². The van der Waals surface area contributed by atoms with E-state index in [1.54, 1.807) is 0 Å². The fourth-order valence-corrected chi connectivity index (χ4v) is 2.85. The lowest BCUT2D eigenvalue weighted by molar-refractivity contribution is -0.137. The number of carbonyl (C=O) groups excluding carboxylic acids is 2. The number of carbonyl (C=O) groups is 2. The summed E-state index contributed by atoms with van der Waals surface area (Å²) in [6, 6.07) is 7.34. The Morgan fingerprint density at radius 1 is 1.12 bits per heavy atom. The molecule has 2 N–H and O–H groups in total. The molecule has 1 aliphatic rings. The Hall–Kier alpha value is -2.74. The van der Waals surface area contributed by atoms with Crippen LogP contribution in [0.3, 0.4) is 0 Å². The maximum atomic E-state index is 13.2. The second-order valence-electron chi connectivity index (χ2n) is 5.67. The van der Waals surface area contributed by atoms with Crippen LogP contribution in [0.15, 0.2) is 42.5 Å². The fourth-order valence-electron chi connectivity index (χ4n) is 2.68. The number of aromatic hydroxyl groups is 1. The summed E-state index contributed by atoms with van der Waals surface area (Å²) in [5.41, 5.74) is -1.12. The van der Waals surface area contributed by atoms with Crippen LogP contribution in [0.2, 0.25) is 5.02 Å². The third-order valence-corrected chi connectivity index (χ3v) is 4.11. The van der Waals surface area contributed by atoms with Crippen LogP contribution >= 0.6 is 11.6 Å². The topological polar surface area (TPSA) is 69.6 Å². The van der Waals surface area contributed by atoms with Gasteiger partial charge in [-0.25, -0.2) is 4.90 Å². The van der Waals surface area contributed by atoms with Crippen LogP contribution in [0.4, 0.5) is 24.5 Å². The van der Waals surface area contributed by atoms with Gasteiger partial charge < -0.3 is 10.4 Å². The Labute approximate surface area is 151 Å². The number of phenolic OH excluding ortho intramolecular Hbond substituents is 1. The molecule has 0 radical (unpaired) electrons. The van der Waals surface area contributed by atoms with E-state index in [9.17, 15) is 27.9 Å². The Morgan fingerprint density at radius 2 is 1.77 bits per heavy atom. The summed E-state index contributed by atoms with van der Waals surface area (Å²) >= 11 is 5.63. The molecule has 1 saturated heterocycles. The monoisotopic (exact) mass is 384 g/mol. The van der Waals surface area contributed by atoms with Crippen LogP contribution in [-0.2, 0) is 15.8 Å². The average molecular weight is 385 g/mol. The minimum Gasteiger partial charge on any atom is -0.508 e. The van der Waals surface area contributed by atoms with Gasteiger partial charge in [0.1, 0.15) is 11.8 Å². The predicted octanol–water partition coefficient (Wildman–Crippen LogP) is 3.81. The lowest BCUT2D eigenvalue weighted by Crippen LogP contribution is -2.35. The van der Waals surface area contributed by atoms with Gasteiger partial charge in [-0.05, 0) is 42.5 Å². The zero-order valence-electron chi connectivity index (χ0n) is 13.0. The summed E-state index contributed by atoms with van der Waals surface area (Å²) in [6.07, 6.45) is -4.96. The van der Waals surface area contributed by atoms with E-state index in [2.05, 4.69) is 5.32 Å². The van der Waals surface area contributed by atoms with Crippen molar-refractivity contribution in [2.24, 2.45) is 0 Å². The van der Waals surface area contributed by atoms with Crippen molar-refractivity contribution in [3.8, 4) is 5.75 Å². The van der Waals surface area contributed by atoms with Gasteiger partial charge in [0.15, 0.2) is 0 Å². The number of nitrogens with zero attached hydrogens (tertiary/aromatic N) is 1. The first-order valence-electron chi connectivity index (χ1n) is 7.46. The highest BCUT2D eigenvalue weighted by Gasteiger charge is 2.41. The number of rotatable bonds is 3. The van der Waals surface area contributed by atoms with Crippen molar-refractivity contribution in [3.63, 3.8) is 0 Å². The molecule has 0 aliphatic carbocycles. The first-order chi connectivity index (χ1) is 12.2. The predicted molar refractivity (Wildman–Crippen MR) is 89.1 cm³/mol. The summed E-state index contributed by atoms with van der Waals surface area (Å²) in [4.78, 5) is 25.5. The molecule has 1 unspecified atom stereocenters. The molecule has 2 aromatic carbocycles. The molecule has 9 heteroatoms. The minimum atomic E-state index is -4.67. The number of amides is 2. The Balaban J connectivity index is 1.87. The number of alkyl halides is 3. The van der Waals surface area contributed by atoms with Gasteiger partial charge >= 0.3 is 6.18 Å². The van der Waals surface area contributed by atoms with Crippen LogP contribution in [0.1, 0.15) is 12.0 Å². The van der Waals surface area contributed by atoms with E-state index in [-0.39, 0.29) is 28.6 Å². The Kier molecular flexibility index (Phi) is 4.53. The minimum absolute atomic E-state index is 0.0431. The molecule has 1 atom stereocenters. The van der Waals surface area contributed by atoms with Crippen LogP contribution in [0.5, 0.6) is 5.75 Å². The van der Waals surface area contributed by atoms with Gasteiger partial charge in [0.05, 0.1) is 17.7 Å². The number of phenols is 1. The molecule has 0 bridgehead atoms. The van der Waals surface area contributed by atoms with Crippen LogP contribution in [0.25, 0.3) is 0 Å². The summed E-state index contributed by atoms with van der Waals surface area (Å²) < 4.78 is 39.5. The highest BCUT2D eigenvalue weighted by atomic mass is 35.5. The summed E-state index contributed by atoms with van der Waals surface area (Å²) in [5.74, 6) is -1.28. The number of hydrogen-bond acceptors (Lipinski definition) is 4. The van der Waals surface area contributed by atoms with E-state index in [4.69, 9.17) is 11.6 Å². The van der Waals surface area contributed by atoms with E-state index in [0.29, 0.717) is 0 Å². The molecule has 2 aromatic rings. The molecule has 5 nitrogen and oxygen atoms in total. The molecule has 26 heavy (non-hydrogen) atoms. The van der Waals surface area contributed by atoms with Gasteiger partial charge in [0.2, 0.25) is 5.91 Å². The highest BCUT2D eigenvalue weighted by molar-refractivity contribution is 6.30. The summed E-state index contributed by atoms with van der Waals surface area (Å²) in [6.45, 7) is 0. The second kappa shape index (κ2) is 6.53. The van der Waals surface area contributed by atoms with Crippen molar-refractivity contribution in [2.75, 3.05) is 10.2 Å². The van der Waals surface area contributed by atoms with E-state index < -0.39 is 29.6 Å². The zero-order chi connectivity index (χ0) is 19.1. The molecule has 1 fully saturated rings. The molecule has 3 rings (SSSR count). The van der Waals surface area contributed by atoms with Crippen molar-refractivity contribution in [1.29, 1.82) is 0 Å². The number of anilines is 2. The molecule has 1 aliphatic heterocycles. The smallest absolute Gasteiger partial charge is 0.418 e. The summed E-state index contributed by atoms with van der Waals surface area (Å²) in [7, 11) is 0. The number of hydrogen-bond donors (Lipinski definition) is 2. The first-order valence-corrected chi connectivity index (χ1v) is 7.84. The van der Waals surface area contributed by atoms with Crippen LogP contribution < -0.4 is 10.2 Å². The first kappa shape index (κ1) is 18.1. The number of imide groups is 1. The van der Waals surface area contributed by atoms with Gasteiger partial charge in [-0.2, -0.15) is 13.2 Å². The SMILES string of the molecule is O=C1CC(Nc2ccc(Cl)cc2C(F)(F)F)C(=O)N1c1ccc(O)cc1. The van der Waals surface area contributed by atoms with E-state index >= 15 is 0 Å². The molecule has 2 amide bonds. The zero-order valence-corrected chi connectivity index (χ0v) is 13.8. The number of benzene rings is 2. The van der Waals surface area contributed by atoms with Gasteiger partial charge in [-0.3, -0.25) is 9.59 Å². The maximum Gasteiger partial charge on any atom is 0.418 e. The molecule has 0 saturated carbocycles. The van der Waals surface area contributed by atoms with Crippen molar-refractivity contribution in [1.82, 2.24) is 0 Å². The molecule has 136 valence electrons. The lowest BCUT2D eigenvalue weighted by atomic mass is 10.1. The van der Waals surface area contributed by atoms with Crippen LogP contribution in [0, 0.1) is 0 Å². The van der Waals surface area contributed by atoms with Crippen molar-refractivity contribution in [3.05, 3.63) is 53.1 Å². The molecular formula is C17H12ClF3N2O3. The highest BCUT2D eigenvalue weighted by Crippen LogP contribution is 2.37. The Morgan fingerprint density at radius 3 is 2.38 bits per heavy atom. The Bertz CT molecular complexity index is 869. The molecule has 0 spiro atoms. The fraction of sp³-hybridized carbons (Fsp3) is 0.176. The molecular weight excluding hydrogens is 373 g/mol. The number of halogens is 4. The van der Waals surface area contributed by atoms with E-state index in [1.165, 1.54) is 30.3 Å². The van der Waals surface area contributed by atoms with Gasteiger partial charge in [0, 0.05) is 10.7 Å². The second-order valence-corrected chi connectivity index (χ2v) is 6.11. The number of nitrogens with one attached hydrogen (secondary N) is 1. The quantitative estimate of drug-likeness (QED) is 0.790. The van der Waals surface area contributed by atoms with E-state index in [0.717, 1.165) is 17.0 Å². The molecule has 0 aromatic heterocycles. The average Bonchev–Trinajstić information content (AvgIpc) is 2.83. The normalized spacial score (nSPS) is 17.7. The lowest BCUT2D eigenvalue weighted by Gasteiger charge is -2.19.